The maximum absolute atomic E-state index is 13.6. The first-order chi connectivity index (χ1) is 18.0. The lowest BCUT2D eigenvalue weighted by Crippen LogP contribution is -2.49. The highest BCUT2D eigenvalue weighted by molar-refractivity contribution is 6.11. The lowest BCUT2D eigenvalue weighted by Gasteiger charge is -2.35. The molecule has 3 aromatic carbocycles. The number of aromatic hydroxyl groups is 1. The fourth-order valence-electron chi connectivity index (χ4n) is 4.66. The Kier molecular flexibility index (Phi) is 6.98. The second-order valence-corrected chi connectivity index (χ2v) is 9.07. The van der Waals surface area contributed by atoms with Crippen LogP contribution in [0.25, 0.3) is 21.9 Å². The summed E-state index contributed by atoms with van der Waals surface area (Å²) in [5.74, 6) is 0.671. The van der Waals surface area contributed by atoms with E-state index < -0.39 is 0 Å². The molecule has 8 nitrogen and oxygen atoms in total. The highest BCUT2D eigenvalue weighted by atomic mass is 16.3. The van der Waals surface area contributed by atoms with Crippen LogP contribution in [0.3, 0.4) is 0 Å². The third-order valence-electron chi connectivity index (χ3n) is 6.62. The molecule has 188 valence electrons. The zero-order valence-electron chi connectivity index (χ0n) is 20.7. The number of rotatable bonds is 6. The first-order valence-corrected chi connectivity index (χ1v) is 12.5. The third-order valence-corrected chi connectivity index (χ3v) is 6.62. The fourth-order valence-corrected chi connectivity index (χ4v) is 4.66. The summed E-state index contributed by atoms with van der Waals surface area (Å²) in [6, 6.07) is 22.3. The van der Waals surface area contributed by atoms with Crippen LogP contribution in [0.2, 0.25) is 0 Å². The highest BCUT2D eigenvalue weighted by Crippen LogP contribution is 2.33. The maximum atomic E-state index is 13.6. The Morgan fingerprint density at radius 3 is 2.38 bits per heavy atom. The molecule has 2 amide bonds. The SMILES string of the molecule is CCCNC(=O)c1ccc(N2CCN(C(=O)c3ccc(-c4cccc(O)c4)c4ccccc34)CC2)nn1. The number of anilines is 1. The molecule has 0 aliphatic carbocycles. The lowest BCUT2D eigenvalue weighted by molar-refractivity contribution is 0.0748. The summed E-state index contributed by atoms with van der Waals surface area (Å²) < 4.78 is 0. The van der Waals surface area contributed by atoms with Gasteiger partial charge in [0.15, 0.2) is 11.5 Å². The molecule has 8 heteroatoms. The number of hydrogen-bond donors (Lipinski definition) is 2. The minimum atomic E-state index is -0.223. The highest BCUT2D eigenvalue weighted by Gasteiger charge is 2.25. The number of amides is 2. The molecule has 0 unspecified atom stereocenters. The number of piperazine rings is 1. The smallest absolute Gasteiger partial charge is 0.271 e. The van der Waals surface area contributed by atoms with E-state index in [1.165, 1.54) is 0 Å². The second kappa shape index (κ2) is 10.7. The topological polar surface area (TPSA) is 98.7 Å². The van der Waals surface area contributed by atoms with Crippen molar-refractivity contribution in [2.45, 2.75) is 13.3 Å². The van der Waals surface area contributed by atoms with Gasteiger partial charge in [-0.05, 0) is 58.7 Å². The van der Waals surface area contributed by atoms with Crippen LogP contribution in [0.15, 0.2) is 72.8 Å². The van der Waals surface area contributed by atoms with Crippen molar-refractivity contribution >= 4 is 28.4 Å². The molecule has 37 heavy (non-hydrogen) atoms. The van der Waals surface area contributed by atoms with Crippen molar-refractivity contribution in [3.05, 3.63) is 84.1 Å². The molecule has 4 aromatic rings. The number of nitrogens with zero attached hydrogens (tertiary/aromatic N) is 4. The van der Waals surface area contributed by atoms with Crippen molar-refractivity contribution in [1.29, 1.82) is 0 Å². The van der Waals surface area contributed by atoms with E-state index in [0.29, 0.717) is 49.8 Å². The summed E-state index contributed by atoms with van der Waals surface area (Å²) in [6.07, 6.45) is 0.859. The minimum absolute atomic E-state index is 0.00710. The Labute approximate surface area is 215 Å². The van der Waals surface area contributed by atoms with Gasteiger partial charge in [-0.2, -0.15) is 0 Å². The maximum Gasteiger partial charge on any atom is 0.271 e. The molecular weight excluding hydrogens is 466 g/mol. The van der Waals surface area contributed by atoms with Crippen LogP contribution in [0.4, 0.5) is 5.82 Å². The number of nitrogens with one attached hydrogen (secondary N) is 1. The number of benzene rings is 3. The van der Waals surface area contributed by atoms with Crippen molar-refractivity contribution in [2.75, 3.05) is 37.6 Å². The summed E-state index contributed by atoms with van der Waals surface area (Å²) in [5.41, 5.74) is 2.83. The average molecular weight is 496 g/mol. The number of fused-ring (bicyclic) bond motifs is 1. The van der Waals surface area contributed by atoms with E-state index in [1.54, 1.807) is 24.3 Å². The Morgan fingerprint density at radius 1 is 0.892 bits per heavy atom. The Bertz CT molecular complexity index is 1430. The van der Waals surface area contributed by atoms with Gasteiger partial charge in [-0.15, -0.1) is 10.2 Å². The van der Waals surface area contributed by atoms with Gasteiger partial charge in [0.2, 0.25) is 0 Å². The summed E-state index contributed by atoms with van der Waals surface area (Å²) in [7, 11) is 0. The number of carbonyl (C=O) groups is 2. The zero-order chi connectivity index (χ0) is 25.8. The second-order valence-electron chi connectivity index (χ2n) is 9.07. The van der Waals surface area contributed by atoms with E-state index in [1.807, 2.05) is 60.4 Å². The molecular formula is C29H29N5O3. The van der Waals surface area contributed by atoms with Gasteiger partial charge in [0, 0.05) is 38.3 Å². The largest absolute Gasteiger partial charge is 0.508 e. The summed E-state index contributed by atoms with van der Waals surface area (Å²) in [4.78, 5) is 29.6. The molecule has 0 radical (unpaired) electrons. The van der Waals surface area contributed by atoms with Crippen molar-refractivity contribution in [3.63, 3.8) is 0 Å². The van der Waals surface area contributed by atoms with Crippen LogP contribution in [0, 0.1) is 0 Å². The van der Waals surface area contributed by atoms with Crippen LogP contribution in [-0.2, 0) is 0 Å². The van der Waals surface area contributed by atoms with E-state index in [4.69, 9.17) is 0 Å². The van der Waals surface area contributed by atoms with Gasteiger partial charge < -0.3 is 20.2 Å². The molecule has 1 aliphatic rings. The predicted octanol–water partition coefficient (Wildman–Crippen LogP) is 4.10. The molecule has 1 saturated heterocycles. The fraction of sp³-hybridized carbons (Fsp3) is 0.241. The summed E-state index contributed by atoms with van der Waals surface area (Å²) in [5, 5.41) is 22.9. The van der Waals surface area contributed by atoms with Crippen LogP contribution < -0.4 is 10.2 Å². The first-order valence-electron chi connectivity index (χ1n) is 12.5. The Hall–Kier alpha value is -4.46. The van der Waals surface area contributed by atoms with Gasteiger partial charge in [0.05, 0.1) is 0 Å². The van der Waals surface area contributed by atoms with Gasteiger partial charge in [-0.25, -0.2) is 0 Å². The van der Waals surface area contributed by atoms with Gasteiger partial charge in [0.1, 0.15) is 5.75 Å². The van der Waals surface area contributed by atoms with Crippen LogP contribution >= 0.6 is 0 Å². The lowest BCUT2D eigenvalue weighted by atomic mass is 9.94. The van der Waals surface area contributed by atoms with E-state index in [2.05, 4.69) is 20.4 Å². The summed E-state index contributed by atoms with van der Waals surface area (Å²) >= 11 is 0. The van der Waals surface area contributed by atoms with Gasteiger partial charge in [-0.3, -0.25) is 9.59 Å². The van der Waals surface area contributed by atoms with Crippen molar-refractivity contribution in [1.82, 2.24) is 20.4 Å². The number of carbonyl (C=O) groups excluding carboxylic acids is 2. The molecule has 0 spiro atoms. The van der Waals surface area contributed by atoms with E-state index >= 15 is 0 Å². The Balaban J connectivity index is 1.30. The van der Waals surface area contributed by atoms with E-state index in [9.17, 15) is 14.7 Å². The predicted molar refractivity (Wildman–Crippen MR) is 144 cm³/mol. The number of phenolic OH excluding ortho intramolecular Hbond substituents is 1. The van der Waals surface area contributed by atoms with E-state index in [-0.39, 0.29) is 17.6 Å². The van der Waals surface area contributed by atoms with Crippen LogP contribution in [0.1, 0.15) is 34.2 Å². The third kappa shape index (κ3) is 5.09. The van der Waals surface area contributed by atoms with Crippen molar-refractivity contribution < 1.29 is 14.7 Å². The standard InChI is InChI=1S/C29H29N5O3/c1-2-14-30-28(36)26-12-13-27(32-31-26)33-15-17-34(18-16-33)29(37)25-11-10-22(20-6-5-7-21(35)19-20)23-8-3-4-9-24(23)25/h3-13,19,35H,2,14-18H2,1H3,(H,30,36). The van der Waals surface area contributed by atoms with Crippen molar-refractivity contribution in [3.8, 4) is 16.9 Å². The molecule has 0 bridgehead atoms. The Morgan fingerprint density at radius 2 is 1.68 bits per heavy atom. The average Bonchev–Trinajstić information content (AvgIpc) is 2.95. The number of phenols is 1. The molecule has 0 atom stereocenters. The molecule has 1 fully saturated rings. The molecule has 1 aromatic heterocycles. The molecule has 2 N–H and O–H groups in total. The van der Waals surface area contributed by atoms with Crippen LogP contribution in [0.5, 0.6) is 5.75 Å². The number of hydrogen-bond acceptors (Lipinski definition) is 6. The van der Waals surface area contributed by atoms with E-state index in [0.717, 1.165) is 28.3 Å². The van der Waals surface area contributed by atoms with Gasteiger partial charge >= 0.3 is 0 Å². The summed E-state index contributed by atoms with van der Waals surface area (Å²) in [6.45, 7) is 4.96. The molecule has 0 saturated carbocycles. The molecule has 1 aliphatic heterocycles. The quantitative estimate of drug-likeness (QED) is 0.418. The first kappa shape index (κ1) is 24.2. The number of aromatic nitrogens is 2. The minimum Gasteiger partial charge on any atom is -0.508 e. The van der Waals surface area contributed by atoms with Gasteiger partial charge in [-0.1, -0.05) is 49.4 Å². The van der Waals surface area contributed by atoms with Gasteiger partial charge in [0.25, 0.3) is 11.8 Å². The molecule has 5 rings (SSSR count). The van der Waals surface area contributed by atoms with Crippen LogP contribution in [-0.4, -0.2) is 64.7 Å². The zero-order valence-corrected chi connectivity index (χ0v) is 20.7. The monoisotopic (exact) mass is 495 g/mol. The van der Waals surface area contributed by atoms with Crippen molar-refractivity contribution in [2.24, 2.45) is 0 Å². The molecule has 2 heterocycles. The normalized spacial score (nSPS) is 13.5.